The Hall–Kier alpha value is -0.950. The standard InChI is InChI=1S/C14H22N2O3S/c1-14(8-3-9-19-14)11-16-20(17,18)13-6-4-12(5-7-13)10-15-2/h4-7,15-16H,3,8-11H2,1-2H3. The van der Waals surface area contributed by atoms with Gasteiger partial charge in [-0.2, -0.15) is 0 Å². The molecule has 1 aliphatic rings. The fraction of sp³-hybridized carbons (Fsp3) is 0.571. The average Bonchev–Trinajstić information content (AvgIpc) is 2.85. The molecule has 1 heterocycles. The zero-order valence-corrected chi connectivity index (χ0v) is 12.8. The molecule has 0 radical (unpaired) electrons. The Morgan fingerprint density at radius 2 is 2.00 bits per heavy atom. The first kappa shape index (κ1) is 15.4. The largest absolute Gasteiger partial charge is 0.374 e. The van der Waals surface area contributed by atoms with E-state index in [2.05, 4.69) is 10.0 Å². The van der Waals surface area contributed by atoms with E-state index in [0.29, 0.717) is 18.0 Å². The molecule has 1 saturated heterocycles. The number of benzene rings is 1. The molecule has 1 unspecified atom stereocenters. The third-order valence-corrected chi connectivity index (χ3v) is 4.97. The molecule has 5 nitrogen and oxygen atoms in total. The predicted molar refractivity (Wildman–Crippen MR) is 78.0 cm³/mol. The van der Waals surface area contributed by atoms with Crippen molar-refractivity contribution in [1.82, 2.24) is 10.0 Å². The normalized spacial score (nSPS) is 23.1. The lowest BCUT2D eigenvalue weighted by atomic mass is 10.0. The quantitative estimate of drug-likeness (QED) is 0.829. The Morgan fingerprint density at radius 3 is 2.55 bits per heavy atom. The molecule has 112 valence electrons. The molecule has 0 saturated carbocycles. The highest BCUT2D eigenvalue weighted by Gasteiger charge is 2.31. The van der Waals surface area contributed by atoms with E-state index in [4.69, 9.17) is 4.74 Å². The van der Waals surface area contributed by atoms with Gasteiger partial charge in [-0.3, -0.25) is 0 Å². The lowest BCUT2D eigenvalue weighted by Gasteiger charge is -2.23. The predicted octanol–water partition coefficient (Wildman–Crippen LogP) is 1.25. The minimum atomic E-state index is -3.47. The average molecular weight is 298 g/mol. The van der Waals surface area contributed by atoms with Crippen molar-refractivity contribution >= 4 is 10.0 Å². The van der Waals surface area contributed by atoms with Crippen molar-refractivity contribution in [1.29, 1.82) is 0 Å². The van der Waals surface area contributed by atoms with Gasteiger partial charge in [-0.1, -0.05) is 12.1 Å². The van der Waals surface area contributed by atoms with Crippen LogP contribution in [0.2, 0.25) is 0 Å². The third kappa shape index (κ3) is 3.79. The lowest BCUT2D eigenvalue weighted by Crippen LogP contribution is -2.40. The van der Waals surface area contributed by atoms with Gasteiger partial charge in [0.1, 0.15) is 0 Å². The molecule has 0 amide bonds. The first-order chi connectivity index (χ1) is 9.45. The fourth-order valence-corrected chi connectivity index (χ4v) is 3.45. The Balaban J connectivity index is 2.02. The topological polar surface area (TPSA) is 67.4 Å². The maximum Gasteiger partial charge on any atom is 0.240 e. The van der Waals surface area contributed by atoms with E-state index in [0.717, 1.165) is 24.9 Å². The second-order valence-corrected chi connectivity index (χ2v) is 7.17. The molecule has 1 atom stereocenters. The van der Waals surface area contributed by atoms with Crippen molar-refractivity contribution in [2.24, 2.45) is 0 Å². The molecule has 0 bridgehead atoms. The molecular weight excluding hydrogens is 276 g/mol. The molecule has 1 aliphatic heterocycles. The fourth-order valence-electron chi connectivity index (χ4n) is 2.30. The summed E-state index contributed by atoms with van der Waals surface area (Å²) in [6, 6.07) is 6.90. The first-order valence-electron chi connectivity index (χ1n) is 6.82. The first-order valence-corrected chi connectivity index (χ1v) is 8.31. The van der Waals surface area contributed by atoms with Gasteiger partial charge >= 0.3 is 0 Å². The molecular formula is C14H22N2O3S. The van der Waals surface area contributed by atoms with Gasteiger partial charge in [-0.25, -0.2) is 13.1 Å². The Morgan fingerprint density at radius 1 is 1.30 bits per heavy atom. The summed E-state index contributed by atoms with van der Waals surface area (Å²) in [4.78, 5) is 0.291. The summed E-state index contributed by atoms with van der Waals surface area (Å²) in [5.41, 5.74) is 0.677. The summed E-state index contributed by atoms with van der Waals surface area (Å²) < 4.78 is 32.7. The number of rotatable bonds is 6. The Bertz CT molecular complexity index is 534. The maximum atomic E-state index is 12.2. The van der Waals surface area contributed by atoms with Crippen LogP contribution in [0.15, 0.2) is 29.2 Å². The molecule has 20 heavy (non-hydrogen) atoms. The second kappa shape index (κ2) is 6.22. The van der Waals surface area contributed by atoms with Gasteiger partial charge in [0.15, 0.2) is 0 Å². The van der Waals surface area contributed by atoms with Crippen molar-refractivity contribution in [2.45, 2.75) is 36.8 Å². The van der Waals surface area contributed by atoms with Crippen molar-refractivity contribution in [3.8, 4) is 0 Å². The van der Waals surface area contributed by atoms with Gasteiger partial charge in [0.2, 0.25) is 10.0 Å². The van der Waals surface area contributed by atoms with E-state index in [1.807, 2.05) is 26.1 Å². The lowest BCUT2D eigenvalue weighted by molar-refractivity contribution is 0.0250. The van der Waals surface area contributed by atoms with Crippen LogP contribution in [0.5, 0.6) is 0 Å². The SMILES string of the molecule is CNCc1ccc(S(=O)(=O)NCC2(C)CCCO2)cc1. The minimum absolute atomic E-state index is 0.291. The molecule has 1 aromatic carbocycles. The maximum absolute atomic E-state index is 12.2. The Kier molecular flexibility index (Phi) is 4.80. The summed E-state index contributed by atoms with van der Waals surface area (Å²) in [5, 5.41) is 3.03. The van der Waals surface area contributed by atoms with Crippen LogP contribution in [0.1, 0.15) is 25.3 Å². The van der Waals surface area contributed by atoms with Crippen LogP contribution in [-0.2, 0) is 21.3 Å². The number of hydrogen-bond acceptors (Lipinski definition) is 4. The molecule has 2 rings (SSSR count). The monoisotopic (exact) mass is 298 g/mol. The second-order valence-electron chi connectivity index (χ2n) is 5.40. The molecule has 0 spiro atoms. The van der Waals surface area contributed by atoms with E-state index in [9.17, 15) is 8.42 Å². The molecule has 1 fully saturated rings. The van der Waals surface area contributed by atoms with Crippen LogP contribution in [0.3, 0.4) is 0 Å². The van der Waals surface area contributed by atoms with E-state index in [1.165, 1.54) is 0 Å². The zero-order chi connectivity index (χ0) is 14.6. The van der Waals surface area contributed by atoms with E-state index in [-0.39, 0.29) is 5.60 Å². The van der Waals surface area contributed by atoms with Crippen molar-refractivity contribution in [3.63, 3.8) is 0 Å². The van der Waals surface area contributed by atoms with Crippen LogP contribution >= 0.6 is 0 Å². The summed E-state index contributed by atoms with van der Waals surface area (Å²) in [7, 11) is -1.61. The van der Waals surface area contributed by atoms with Gasteiger partial charge in [0.25, 0.3) is 0 Å². The highest BCUT2D eigenvalue weighted by molar-refractivity contribution is 7.89. The van der Waals surface area contributed by atoms with Gasteiger partial charge in [-0.05, 0) is 44.5 Å². The number of sulfonamides is 1. The number of ether oxygens (including phenoxy) is 1. The van der Waals surface area contributed by atoms with Crippen molar-refractivity contribution in [2.75, 3.05) is 20.2 Å². The highest BCUT2D eigenvalue weighted by Crippen LogP contribution is 2.24. The smallest absolute Gasteiger partial charge is 0.240 e. The summed E-state index contributed by atoms with van der Waals surface area (Å²) in [6.07, 6.45) is 1.87. The van der Waals surface area contributed by atoms with Crippen LogP contribution in [0.25, 0.3) is 0 Å². The highest BCUT2D eigenvalue weighted by atomic mass is 32.2. The zero-order valence-electron chi connectivity index (χ0n) is 12.0. The summed E-state index contributed by atoms with van der Waals surface area (Å²) in [5.74, 6) is 0. The van der Waals surface area contributed by atoms with Gasteiger partial charge in [0, 0.05) is 19.7 Å². The third-order valence-electron chi connectivity index (χ3n) is 3.55. The van der Waals surface area contributed by atoms with Crippen LogP contribution in [-0.4, -0.2) is 34.2 Å². The molecule has 2 N–H and O–H groups in total. The number of nitrogens with one attached hydrogen (secondary N) is 2. The van der Waals surface area contributed by atoms with E-state index >= 15 is 0 Å². The van der Waals surface area contributed by atoms with E-state index in [1.54, 1.807) is 12.1 Å². The van der Waals surface area contributed by atoms with Crippen LogP contribution < -0.4 is 10.0 Å². The number of hydrogen-bond donors (Lipinski definition) is 2. The molecule has 0 aromatic heterocycles. The van der Waals surface area contributed by atoms with Gasteiger partial charge in [-0.15, -0.1) is 0 Å². The van der Waals surface area contributed by atoms with E-state index < -0.39 is 10.0 Å². The molecule has 0 aliphatic carbocycles. The van der Waals surface area contributed by atoms with Crippen molar-refractivity contribution in [3.05, 3.63) is 29.8 Å². The van der Waals surface area contributed by atoms with Crippen LogP contribution in [0, 0.1) is 0 Å². The molecule has 6 heteroatoms. The summed E-state index contributed by atoms with van der Waals surface area (Å²) in [6.45, 7) is 3.68. The molecule has 1 aromatic rings. The van der Waals surface area contributed by atoms with Gasteiger partial charge in [0.05, 0.1) is 10.5 Å². The van der Waals surface area contributed by atoms with Gasteiger partial charge < -0.3 is 10.1 Å². The minimum Gasteiger partial charge on any atom is -0.374 e. The summed E-state index contributed by atoms with van der Waals surface area (Å²) >= 11 is 0. The van der Waals surface area contributed by atoms with Crippen molar-refractivity contribution < 1.29 is 13.2 Å². The van der Waals surface area contributed by atoms with Crippen LogP contribution in [0.4, 0.5) is 0 Å². The Labute approximate surface area is 120 Å².